The van der Waals surface area contributed by atoms with Gasteiger partial charge in [-0.25, -0.2) is 0 Å². The van der Waals surface area contributed by atoms with E-state index in [1.807, 2.05) is 62.4 Å². The Morgan fingerprint density at radius 3 is 2.50 bits per heavy atom. The van der Waals surface area contributed by atoms with Crippen molar-refractivity contribution in [1.82, 2.24) is 5.43 Å². The molecule has 2 rings (SSSR count). The molecular formula is C18H22N2O2. The van der Waals surface area contributed by atoms with Gasteiger partial charge in [0.15, 0.2) is 0 Å². The first-order chi connectivity index (χ1) is 10.7. The fourth-order valence-electron chi connectivity index (χ4n) is 2.12. The van der Waals surface area contributed by atoms with Crippen LogP contribution in [0.5, 0.6) is 11.5 Å². The highest BCUT2D eigenvalue weighted by Crippen LogP contribution is 2.17. The summed E-state index contributed by atoms with van der Waals surface area (Å²) in [4.78, 5) is 0. The number of hydrazone groups is 1. The third-order valence-corrected chi connectivity index (χ3v) is 3.29. The van der Waals surface area contributed by atoms with Gasteiger partial charge in [-0.2, -0.15) is 5.10 Å². The molecule has 22 heavy (non-hydrogen) atoms. The molecule has 4 heteroatoms. The van der Waals surface area contributed by atoms with Crippen molar-refractivity contribution in [3.05, 3.63) is 59.7 Å². The Bertz CT molecular complexity index is 621. The zero-order chi connectivity index (χ0) is 15.8. The molecule has 0 aromatic heterocycles. The van der Waals surface area contributed by atoms with Crippen molar-refractivity contribution in [3.63, 3.8) is 0 Å². The molecule has 0 atom stereocenters. The molecule has 0 spiro atoms. The lowest BCUT2D eigenvalue weighted by Gasteiger charge is -2.08. The number of ether oxygens (including phenoxy) is 2. The van der Waals surface area contributed by atoms with E-state index < -0.39 is 0 Å². The smallest absolute Gasteiger partial charge is 0.123 e. The summed E-state index contributed by atoms with van der Waals surface area (Å²) in [5, 5.41) is 4.41. The molecular weight excluding hydrogens is 276 g/mol. The van der Waals surface area contributed by atoms with E-state index in [4.69, 9.17) is 9.47 Å². The van der Waals surface area contributed by atoms with Gasteiger partial charge in [0, 0.05) is 5.56 Å². The molecule has 1 N–H and O–H groups in total. The zero-order valence-electron chi connectivity index (χ0n) is 13.3. The molecule has 4 nitrogen and oxygen atoms in total. The highest BCUT2D eigenvalue weighted by molar-refractivity contribution is 5.98. The van der Waals surface area contributed by atoms with Gasteiger partial charge in [-0.1, -0.05) is 18.2 Å². The molecule has 0 radical (unpaired) electrons. The molecule has 0 aliphatic heterocycles. The molecule has 0 unspecified atom stereocenters. The van der Waals surface area contributed by atoms with E-state index in [1.165, 1.54) is 0 Å². The Morgan fingerprint density at radius 1 is 1.09 bits per heavy atom. The van der Waals surface area contributed by atoms with Crippen molar-refractivity contribution in [2.75, 3.05) is 13.7 Å². The molecule has 116 valence electrons. The molecule has 2 aromatic rings. The Labute approximate surface area is 131 Å². The highest BCUT2D eigenvalue weighted by Gasteiger charge is 2.01. The Balaban J connectivity index is 1.97. The monoisotopic (exact) mass is 298 g/mol. The minimum absolute atomic E-state index is 0.623. The number of benzene rings is 2. The van der Waals surface area contributed by atoms with Gasteiger partial charge in [-0.15, -0.1) is 0 Å². The van der Waals surface area contributed by atoms with Crippen LogP contribution < -0.4 is 14.9 Å². The van der Waals surface area contributed by atoms with E-state index in [1.54, 1.807) is 7.11 Å². The first-order valence-corrected chi connectivity index (χ1v) is 7.37. The molecule has 0 aliphatic carbocycles. The minimum atomic E-state index is 0.623. The standard InChI is InChI=1S/C18H22N2O2/c1-4-22-17-11-9-15(10-12-17)14(2)20-19-13-16-7-5-6-8-18(16)21-3/h5-12,19H,4,13H2,1-3H3/b20-14+. The number of para-hydroxylation sites is 1. The predicted octanol–water partition coefficient (Wildman–Crippen LogP) is 3.61. The van der Waals surface area contributed by atoms with Gasteiger partial charge in [-0.05, 0) is 49.7 Å². The van der Waals surface area contributed by atoms with E-state index in [2.05, 4.69) is 10.5 Å². The van der Waals surface area contributed by atoms with Crippen molar-refractivity contribution >= 4 is 5.71 Å². The van der Waals surface area contributed by atoms with Gasteiger partial charge in [-0.3, -0.25) is 0 Å². The van der Waals surface area contributed by atoms with E-state index in [0.29, 0.717) is 13.2 Å². The van der Waals surface area contributed by atoms with Gasteiger partial charge in [0.25, 0.3) is 0 Å². The van der Waals surface area contributed by atoms with E-state index >= 15 is 0 Å². The molecule has 0 bridgehead atoms. The first kappa shape index (κ1) is 15.9. The van der Waals surface area contributed by atoms with Crippen LogP contribution in [0.1, 0.15) is 25.0 Å². The van der Waals surface area contributed by atoms with Crippen LogP contribution in [0, 0.1) is 0 Å². The third kappa shape index (κ3) is 4.25. The SMILES string of the molecule is CCOc1ccc(/C(C)=N/NCc2ccccc2OC)cc1. The quantitative estimate of drug-likeness (QED) is 0.627. The lowest BCUT2D eigenvalue weighted by atomic mass is 10.1. The summed E-state index contributed by atoms with van der Waals surface area (Å²) < 4.78 is 10.8. The molecule has 0 amide bonds. The summed E-state index contributed by atoms with van der Waals surface area (Å²) in [6.07, 6.45) is 0. The van der Waals surface area contributed by atoms with Gasteiger partial charge in [0.05, 0.1) is 26.0 Å². The molecule has 0 saturated heterocycles. The van der Waals surface area contributed by atoms with Crippen molar-refractivity contribution in [3.8, 4) is 11.5 Å². The van der Waals surface area contributed by atoms with Crippen LogP contribution in [0.3, 0.4) is 0 Å². The zero-order valence-corrected chi connectivity index (χ0v) is 13.3. The average molecular weight is 298 g/mol. The number of methoxy groups -OCH3 is 1. The predicted molar refractivity (Wildman–Crippen MR) is 89.7 cm³/mol. The summed E-state index contributed by atoms with van der Waals surface area (Å²) in [5.74, 6) is 1.74. The van der Waals surface area contributed by atoms with Crippen LogP contribution in [0.15, 0.2) is 53.6 Å². The summed E-state index contributed by atoms with van der Waals surface area (Å²) in [5.41, 5.74) is 6.16. The van der Waals surface area contributed by atoms with Crippen LogP contribution >= 0.6 is 0 Å². The molecule has 0 aliphatic rings. The van der Waals surface area contributed by atoms with Crippen LogP contribution in [-0.2, 0) is 6.54 Å². The number of hydrogen-bond donors (Lipinski definition) is 1. The summed E-state index contributed by atoms with van der Waals surface area (Å²) in [6, 6.07) is 15.8. The van der Waals surface area contributed by atoms with Gasteiger partial charge in [0.2, 0.25) is 0 Å². The van der Waals surface area contributed by atoms with E-state index in [-0.39, 0.29) is 0 Å². The topological polar surface area (TPSA) is 42.8 Å². The first-order valence-electron chi connectivity index (χ1n) is 7.37. The Kier molecular flexibility index (Phi) is 5.83. The second-order valence-electron chi connectivity index (χ2n) is 4.80. The van der Waals surface area contributed by atoms with Crippen molar-refractivity contribution in [1.29, 1.82) is 0 Å². The van der Waals surface area contributed by atoms with E-state index in [0.717, 1.165) is 28.3 Å². The Hall–Kier alpha value is -2.49. The normalized spacial score (nSPS) is 11.1. The minimum Gasteiger partial charge on any atom is -0.496 e. The van der Waals surface area contributed by atoms with Crippen molar-refractivity contribution < 1.29 is 9.47 Å². The number of hydrogen-bond acceptors (Lipinski definition) is 4. The number of nitrogens with zero attached hydrogens (tertiary/aromatic N) is 1. The molecule has 0 saturated carbocycles. The van der Waals surface area contributed by atoms with Crippen molar-refractivity contribution in [2.24, 2.45) is 5.10 Å². The fraction of sp³-hybridized carbons (Fsp3) is 0.278. The van der Waals surface area contributed by atoms with Gasteiger partial charge >= 0.3 is 0 Å². The average Bonchev–Trinajstić information content (AvgIpc) is 2.56. The molecule has 0 fully saturated rings. The largest absolute Gasteiger partial charge is 0.496 e. The number of nitrogens with one attached hydrogen (secondary N) is 1. The van der Waals surface area contributed by atoms with E-state index in [9.17, 15) is 0 Å². The lowest BCUT2D eigenvalue weighted by Crippen LogP contribution is -2.10. The van der Waals surface area contributed by atoms with Crippen molar-refractivity contribution in [2.45, 2.75) is 20.4 Å². The second-order valence-corrected chi connectivity index (χ2v) is 4.80. The fourth-order valence-corrected chi connectivity index (χ4v) is 2.12. The maximum absolute atomic E-state index is 5.44. The Morgan fingerprint density at radius 2 is 1.82 bits per heavy atom. The third-order valence-electron chi connectivity index (χ3n) is 3.29. The van der Waals surface area contributed by atoms with Crippen LogP contribution in [-0.4, -0.2) is 19.4 Å². The molecule has 2 aromatic carbocycles. The highest BCUT2D eigenvalue weighted by atomic mass is 16.5. The number of rotatable bonds is 7. The van der Waals surface area contributed by atoms with Gasteiger partial charge in [0.1, 0.15) is 11.5 Å². The second kappa shape index (κ2) is 8.08. The summed E-state index contributed by atoms with van der Waals surface area (Å²) in [6.45, 7) is 5.25. The van der Waals surface area contributed by atoms with Crippen LogP contribution in [0.4, 0.5) is 0 Å². The van der Waals surface area contributed by atoms with Crippen LogP contribution in [0.25, 0.3) is 0 Å². The summed E-state index contributed by atoms with van der Waals surface area (Å²) in [7, 11) is 1.67. The van der Waals surface area contributed by atoms with Crippen LogP contribution in [0.2, 0.25) is 0 Å². The summed E-state index contributed by atoms with van der Waals surface area (Å²) >= 11 is 0. The lowest BCUT2D eigenvalue weighted by molar-refractivity contribution is 0.340. The maximum Gasteiger partial charge on any atom is 0.123 e. The van der Waals surface area contributed by atoms with Gasteiger partial charge < -0.3 is 14.9 Å². The molecule has 0 heterocycles. The maximum atomic E-state index is 5.44.